The molecule has 17 heavy (non-hydrogen) atoms. The summed E-state index contributed by atoms with van der Waals surface area (Å²) in [6.45, 7) is 4.08. The largest absolute Gasteiger partial charge is 0.471 e. The van der Waals surface area contributed by atoms with Crippen molar-refractivity contribution in [2.75, 3.05) is 5.32 Å². The van der Waals surface area contributed by atoms with E-state index in [1.165, 1.54) is 5.56 Å². The van der Waals surface area contributed by atoms with Gasteiger partial charge >= 0.3 is 0 Å². The summed E-state index contributed by atoms with van der Waals surface area (Å²) in [4.78, 5) is 0. The predicted octanol–water partition coefficient (Wildman–Crippen LogP) is 3.83. The van der Waals surface area contributed by atoms with Crippen LogP contribution in [0.15, 0.2) is 54.6 Å². The molecule has 1 unspecified atom stereocenters. The third-order valence-corrected chi connectivity index (χ3v) is 2.56. The Morgan fingerprint density at radius 2 is 1.59 bits per heavy atom. The van der Waals surface area contributed by atoms with Crippen LogP contribution in [0.3, 0.4) is 0 Å². The molecular formula is C15H17NO. The van der Waals surface area contributed by atoms with Crippen molar-refractivity contribution in [2.45, 2.75) is 20.1 Å². The lowest BCUT2D eigenvalue weighted by molar-refractivity contribution is 0.250. The van der Waals surface area contributed by atoms with E-state index in [0.29, 0.717) is 0 Å². The summed E-state index contributed by atoms with van der Waals surface area (Å²) in [5.74, 6) is 0.876. The number of aryl methyl sites for hydroxylation is 1. The van der Waals surface area contributed by atoms with E-state index in [1.807, 2.05) is 49.4 Å². The van der Waals surface area contributed by atoms with Gasteiger partial charge in [0.1, 0.15) is 5.75 Å². The Hall–Kier alpha value is -1.96. The van der Waals surface area contributed by atoms with Crippen molar-refractivity contribution in [2.24, 2.45) is 0 Å². The fraction of sp³-hybridized carbons (Fsp3) is 0.200. The summed E-state index contributed by atoms with van der Waals surface area (Å²) < 4.78 is 5.76. The van der Waals surface area contributed by atoms with Gasteiger partial charge in [0.2, 0.25) is 0 Å². The molecule has 2 rings (SSSR count). The lowest BCUT2D eigenvalue weighted by Gasteiger charge is -2.18. The Bertz CT molecular complexity index is 467. The van der Waals surface area contributed by atoms with Crippen molar-refractivity contribution in [3.63, 3.8) is 0 Å². The van der Waals surface area contributed by atoms with Gasteiger partial charge in [0, 0.05) is 5.69 Å². The molecule has 2 aromatic rings. The van der Waals surface area contributed by atoms with E-state index in [9.17, 15) is 0 Å². The number of rotatable bonds is 4. The Balaban J connectivity index is 1.98. The van der Waals surface area contributed by atoms with Gasteiger partial charge in [0.25, 0.3) is 0 Å². The first kappa shape index (κ1) is 11.5. The Labute approximate surface area is 102 Å². The number of nitrogens with one attached hydrogen (secondary N) is 1. The highest BCUT2D eigenvalue weighted by Crippen LogP contribution is 2.16. The van der Waals surface area contributed by atoms with Crippen LogP contribution in [0.5, 0.6) is 5.75 Å². The number of hydrogen-bond donors (Lipinski definition) is 1. The second kappa shape index (κ2) is 5.39. The van der Waals surface area contributed by atoms with E-state index in [1.54, 1.807) is 0 Å². The highest BCUT2D eigenvalue weighted by Gasteiger charge is 2.04. The average Bonchev–Trinajstić information content (AvgIpc) is 2.33. The zero-order valence-corrected chi connectivity index (χ0v) is 10.2. The second-order valence-corrected chi connectivity index (χ2v) is 4.03. The fourth-order valence-corrected chi connectivity index (χ4v) is 1.69. The van der Waals surface area contributed by atoms with Crippen LogP contribution in [-0.4, -0.2) is 6.23 Å². The molecule has 0 saturated heterocycles. The number of anilines is 1. The molecule has 0 aliphatic carbocycles. The fourth-order valence-electron chi connectivity index (χ4n) is 1.69. The molecule has 0 fully saturated rings. The Morgan fingerprint density at radius 1 is 0.941 bits per heavy atom. The molecule has 0 aliphatic rings. The van der Waals surface area contributed by atoms with Gasteiger partial charge in [-0.3, -0.25) is 0 Å². The third-order valence-electron chi connectivity index (χ3n) is 2.56. The topological polar surface area (TPSA) is 21.3 Å². The van der Waals surface area contributed by atoms with Crippen LogP contribution in [0, 0.1) is 6.92 Å². The number of para-hydroxylation sites is 2. The van der Waals surface area contributed by atoms with Crippen LogP contribution < -0.4 is 10.1 Å². The molecule has 0 spiro atoms. The summed E-state index contributed by atoms with van der Waals surface area (Å²) in [6.07, 6.45) is -0.0569. The summed E-state index contributed by atoms with van der Waals surface area (Å²) in [6, 6.07) is 18.0. The highest BCUT2D eigenvalue weighted by molar-refractivity contribution is 5.50. The zero-order chi connectivity index (χ0) is 12.1. The normalized spacial score (nSPS) is 11.9. The Kier molecular flexibility index (Phi) is 3.66. The molecule has 0 amide bonds. The zero-order valence-electron chi connectivity index (χ0n) is 10.2. The van der Waals surface area contributed by atoms with E-state index in [4.69, 9.17) is 4.74 Å². The first-order chi connectivity index (χ1) is 8.25. The molecule has 0 radical (unpaired) electrons. The first-order valence-corrected chi connectivity index (χ1v) is 5.79. The van der Waals surface area contributed by atoms with Gasteiger partial charge in [0.05, 0.1) is 0 Å². The van der Waals surface area contributed by atoms with Gasteiger partial charge < -0.3 is 10.1 Å². The van der Waals surface area contributed by atoms with E-state index in [2.05, 4.69) is 24.4 Å². The van der Waals surface area contributed by atoms with Gasteiger partial charge in [-0.05, 0) is 37.6 Å². The van der Waals surface area contributed by atoms with Crippen molar-refractivity contribution >= 4 is 5.69 Å². The van der Waals surface area contributed by atoms with Crippen LogP contribution in [0.25, 0.3) is 0 Å². The summed E-state index contributed by atoms with van der Waals surface area (Å²) in [5.41, 5.74) is 2.33. The molecule has 2 aromatic carbocycles. The monoisotopic (exact) mass is 227 g/mol. The van der Waals surface area contributed by atoms with Gasteiger partial charge in [-0.1, -0.05) is 36.4 Å². The second-order valence-electron chi connectivity index (χ2n) is 4.03. The lowest BCUT2D eigenvalue weighted by atomic mass is 10.2. The highest BCUT2D eigenvalue weighted by atomic mass is 16.5. The maximum Gasteiger partial charge on any atom is 0.167 e. The van der Waals surface area contributed by atoms with E-state index >= 15 is 0 Å². The van der Waals surface area contributed by atoms with Crippen molar-refractivity contribution in [3.8, 4) is 5.75 Å². The van der Waals surface area contributed by atoms with Gasteiger partial charge in [-0.2, -0.15) is 0 Å². The quantitative estimate of drug-likeness (QED) is 0.801. The number of benzene rings is 2. The van der Waals surface area contributed by atoms with Crippen molar-refractivity contribution in [1.82, 2.24) is 0 Å². The molecule has 2 nitrogen and oxygen atoms in total. The van der Waals surface area contributed by atoms with Crippen LogP contribution in [-0.2, 0) is 0 Å². The Morgan fingerprint density at radius 3 is 2.29 bits per heavy atom. The minimum absolute atomic E-state index is 0.0569. The maximum atomic E-state index is 5.76. The number of ether oxygens (including phenoxy) is 1. The van der Waals surface area contributed by atoms with Crippen LogP contribution in [0.4, 0.5) is 5.69 Å². The molecule has 0 aliphatic heterocycles. The summed E-state index contributed by atoms with van der Waals surface area (Å²) in [5, 5.41) is 3.34. The van der Waals surface area contributed by atoms with Crippen LogP contribution in [0.2, 0.25) is 0 Å². The standard InChI is InChI=1S/C15H17NO/c1-12-8-6-7-11-15(12)16-13(2)17-14-9-4-3-5-10-14/h3-11,13,16H,1-2H3. The molecule has 1 N–H and O–H groups in total. The van der Waals surface area contributed by atoms with Crippen LogP contribution in [0.1, 0.15) is 12.5 Å². The molecule has 1 atom stereocenters. The molecule has 2 heteroatoms. The molecule has 0 saturated carbocycles. The maximum absolute atomic E-state index is 5.76. The average molecular weight is 227 g/mol. The smallest absolute Gasteiger partial charge is 0.167 e. The SMILES string of the molecule is Cc1ccccc1NC(C)Oc1ccccc1. The predicted molar refractivity (Wildman–Crippen MR) is 71.3 cm³/mol. The lowest BCUT2D eigenvalue weighted by Crippen LogP contribution is -2.22. The van der Waals surface area contributed by atoms with E-state index in [0.717, 1.165) is 11.4 Å². The van der Waals surface area contributed by atoms with Crippen molar-refractivity contribution < 1.29 is 4.74 Å². The van der Waals surface area contributed by atoms with E-state index in [-0.39, 0.29) is 6.23 Å². The van der Waals surface area contributed by atoms with Gasteiger partial charge in [-0.25, -0.2) is 0 Å². The third kappa shape index (κ3) is 3.25. The molecular weight excluding hydrogens is 210 g/mol. The van der Waals surface area contributed by atoms with Crippen molar-refractivity contribution in [3.05, 3.63) is 60.2 Å². The minimum atomic E-state index is -0.0569. The molecule has 0 heterocycles. The van der Waals surface area contributed by atoms with Gasteiger partial charge in [-0.15, -0.1) is 0 Å². The first-order valence-electron chi connectivity index (χ1n) is 5.79. The minimum Gasteiger partial charge on any atom is -0.471 e. The molecule has 0 bridgehead atoms. The summed E-state index contributed by atoms with van der Waals surface area (Å²) >= 11 is 0. The molecule has 88 valence electrons. The van der Waals surface area contributed by atoms with Gasteiger partial charge in [0.15, 0.2) is 6.23 Å². The van der Waals surface area contributed by atoms with Crippen molar-refractivity contribution in [1.29, 1.82) is 0 Å². The number of hydrogen-bond acceptors (Lipinski definition) is 2. The van der Waals surface area contributed by atoms with E-state index < -0.39 is 0 Å². The molecule has 0 aromatic heterocycles. The summed E-state index contributed by atoms with van der Waals surface area (Å²) in [7, 11) is 0. The van der Waals surface area contributed by atoms with Crippen LogP contribution >= 0.6 is 0 Å².